The minimum Gasteiger partial charge on any atom is -0.480 e. The summed E-state index contributed by atoms with van der Waals surface area (Å²) < 4.78 is 0. The third kappa shape index (κ3) is 4.51. The van der Waals surface area contributed by atoms with Gasteiger partial charge in [-0.2, -0.15) is 0 Å². The van der Waals surface area contributed by atoms with Gasteiger partial charge < -0.3 is 10.4 Å². The summed E-state index contributed by atoms with van der Waals surface area (Å²) in [5, 5.41) is 12.3. The van der Waals surface area contributed by atoms with Crippen LogP contribution in [0.4, 0.5) is 0 Å². The Hall–Kier alpha value is -1.06. The number of hydrogen-bond acceptors (Lipinski definition) is 2. The van der Waals surface area contributed by atoms with Crippen molar-refractivity contribution >= 4 is 11.9 Å². The zero-order valence-electron chi connectivity index (χ0n) is 12.4. The first-order valence-electron chi connectivity index (χ1n) is 7.44. The topological polar surface area (TPSA) is 66.4 Å². The van der Waals surface area contributed by atoms with Gasteiger partial charge in [-0.05, 0) is 43.9 Å². The number of aliphatic carboxylic acids is 1. The number of carbonyl (C=O) groups excluding carboxylic acids is 1. The van der Waals surface area contributed by atoms with Crippen LogP contribution < -0.4 is 5.32 Å². The minimum atomic E-state index is -1.01. The molecular formula is C15H27NO3. The summed E-state index contributed by atoms with van der Waals surface area (Å²) in [6.45, 7) is 6.26. The van der Waals surface area contributed by atoms with E-state index in [0.717, 1.165) is 25.7 Å². The molecule has 0 aromatic heterocycles. The summed E-state index contributed by atoms with van der Waals surface area (Å²) in [5.41, 5.74) is -1.01. The highest BCUT2D eigenvalue weighted by atomic mass is 16.4. The molecule has 0 spiro atoms. The Balaban J connectivity index is 2.58. The molecule has 2 N–H and O–H groups in total. The molecule has 4 heteroatoms. The molecule has 1 fully saturated rings. The first kappa shape index (κ1) is 16.0. The fourth-order valence-corrected chi connectivity index (χ4v) is 2.72. The molecule has 0 unspecified atom stereocenters. The van der Waals surface area contributed by atoms with Gasteiger partial charge in [-0.3, -0.25) is 4.79 Å². The molecule has 0 heterocycles. The van der Waals surface area contributed by atoms with Crippen LogP contribution in [0.3, 0.4) is 0 Å². The van der Waals surface area contributed by atoms with Gasteiger partial charge in [0.1, 0.15) is 5.54 Å². The van der Waals surface area contributed by atoms with E-state index in [1.807, 2.05) is 0 Å². The number of amides is 1. The van der Waals surface area contributed by atoms with Crippen molar-refractivity contribution in [2.45, 2.75) is 71.3 Å². The van der Waals surface area contributed by atoms with Gasteiger partial charge in [0, 0.05) is 6.42 Å². The van der Waals surface area contributed by atoms with Crippen molar-refractivity contribution in [2.24, 2.45) is 11.8 Å². The van der Waals surface area contributed by atoms with Gasteiger partial charge >= 0.3 is 5.97 Å². The lowest BCUT2D eigenvalue weighted by Crippen LogP contribution is -2.56. The zero-order chi connectivity index (χ0) is 14.5. The number of carboxylic acid groups (broad SMARTS) is 1. The van der Waals surface area contributed by atoms with Crippen molar-refractivity contribution in [1.29, 1.82) is 0 Å². The van der Waals surface area contributed by atoms with Crippen LogP contribution >= 0.6 is 0 Å². The molecule has 1 saturated carbocycles. The molecule has 1 amide bonds. The van der Waals surface area contributed by atoms with E-state index in [2.05, 4.69) is 26.1 Å². The van der Waals surface area contributed by atoms with Gasteiger partial charge in [-0.1, -0.05) is 27.2 Å². The van der Waals surface area contributed by atoms with Crippen molar-refractivity contribution in [3.05, 3.63) is 0 Å². The highest BCUT2D eigenvalue weighted by Crippen LogP contribution is 2.34. The third-order valence-corrected chi connectivity index (χ3v) is 4.27. The predicted molar refractivity (Wildman–Crippen MR) is 74.8 cm³/mol. The summed E-state index contributed by atoms with van der Waals surface area (Å²) in [4.78, 5) is 23.4. The van der Waals surface area contributed by atoms with Crippen molar-refractivity contribution in [3.8, 4) is 0 Å². The Labute approximate surface area is 116 Å². The van der Waals surface area contributed by atoms with Gasteiger partial charge in [0.25, 0.3) is 0 Å². The molecule has 0 saturated heterocycles. The van der Waals surface area contributed by atoms with Crippen molar-refractivity contribution in [1.82, 2.24) is 5.32 Å². The Morgan fingerprint density at radius 3 is 2.32 bits per heavy atom. The molecule has 0 aromatic carbocycles. The maximum atomic E-state index is 11.9. The molecule has 19 heavy (non-hydrogen) atoms. The summed E-state index contributed by atoms with van der Waals surface area (Å²) in [7, 11) is 0. The normalized spacial score (nSPS) is 27.3. The maximum absolute atomic E-state index is 11.9. The second kappa shape index (κ2) is 6.92. The van der Waals surface area contributed by atoms with E-state index in [0.29, 0.717) is 31.1 Å². The first-order chi connectivity index (χ1) is 8.89. The van der Waals surface area contributed by atoms with E-state index in [1.165, 1.54) is 0 Å². The van der Waals surface area contributed by atoms with E-state index < -0.39 is 11.5 Å². The predicted octanol–water partition coefficient (Wildman–Crippen LogP) is 2.96. The molecular weight excluding hydrogens is 242 g/mol. The lowest BCUT2D eigenvalue weighted by atomic mass is 9.75. The number of hydrogen-bond donors (Lipinski definition) is 2. The van der Waals surface area contributed by atoms with Gasteiger partial charge in [0.15, 0.2) is 0 Å². The largest absolute Gasteiger partial charge is 0.480 e. The second-order valence-electron chi connectivity index (χ2n) is 6.22. The zero-order valence-corrected chi connectivity index (χ0v) is 12.4. The van der Waals surface area contributed by atoms with E-state index >= 15 is 0 Å². The van der Waals surface area contributed by atoms with Gasteiger partial charge in [0.2, 0.25) is 5.91 Å². The van der Waals surface area contributed by atoms with Gasteiger partial charge in [0.05, 0.1) is 0 Å². The number of carbonyl (C=O) groups is 2. The molecule has 0 bridgehead atoms. The first-order valence-corrected chi connectivity index (χ1v) is 7.44. The molecule has 0 aliphatic heterocycles. The third-order valence-electron chi connectivity index (χ3n) is 4.27. The summed E-state index contributed by atoms with van der Waals surface area (Å²) in [5.74, 6) is 0.0772. The summed E-state index contributed by atoms with van der Waals surface area (Å²) in [6.07, 6.45) is 5.24. The average Bonchev–Trinajstić information content (AvgIpc) is 2.37. The smallest absolute Gasteiger partial charge is 0.329 e. The van der Waals surface area contributed by atoms with Crippen LogP contribution in [0.2, 0.25) is 0 Å². The van der Waals surface area contributed by atoms with E-state index in [-0.39, 0.29) is 5.91 Å². The quantitative estimate of drug-likeness (QED) is 0.779. The molecule has 1 rings (SSSR count). The Morgan fingerprint density at radius 2 is 1.89 bits per heavy atom. The molecule has 110 valence electrons. The standard InChI is InChI=1S/C15H27NO3/c1-4-12-7-9-15(10-8-12,14(18)19)16-13(17)6-5-11(2)3/h11-12H,4-10H2,1-3H3,(H,16,17)(H,18,19). The molecule has 0 atom stereocenters. The van der Waals surface area contributed by atoms with Crippen LogP contribution in [0.5, 0.6) is 0 Å². The van der Waals surface area contributed by atoms with E-state index in [9.17, 15) is 14.7 Å². The molecule has 1 aliphatic rings. The highest BCUT2D eigenvalue weighted by Gasteiger charge is 2.42. The van der Waals surface area contributed by atoms with Crippen LogP contribution in [-0.4, -0.2) is 22.5 Å². The number of rotatable bonds is 6. The monoisotopic (exact) mass is 269 g/mol. The lowest BCUT2D eigenvalue weighted by molar-refractivity contribution is -0.149. The minimum absolute atomic E-state index is 0.119. The van der Waals surface area contributed by atoms with Gasteiger partial charge in [-0.25, -0.2) is 4.79 Å². The maximum Gasteiger partial charge on any atom is 0.329 e. The fourth-order valence-electron chi connectivity index (χ4n) is 2.72. The SMILES string of the molecule is CCC1CCC(NC(=O)CCC(C)C)(C(=O)O)CC1. The van der Waals surface area contributed by atoms with Crippen molar-refractivity contribution in [3.63, 3.8) is 0 Å². The summed E-state index contributed by atoms with van der Waals surface area (Å²) in [6, 6.07) is 0. The fraction of sp³-hybridized carbons (Fsp3) is 0.867. The Kier molecular flexibility index (Phi) is 5.83. The Morgan fingerprint density at radius 1 is 1.32 bits per heavy atom. The molecule has 0 radical (unpaired) electrons. The van der Waals surface area contributed by atoms with E-state index in [1.54, 1.807) is 0 Å². The lowest BCUT2D eigenvalue weighted by Gasteiger charge is -2.37. The number of carboxylic acids is 1. The van der Waals surface area contributed by atoms with Crippen LogP contribution in [0.25, 0.3) is 0 Å². The van der Waals surface area contributed by atoms with Crippen molar-refractivity contribution in [2.75, 3.05) is 0 Å². The molecule has 1 aliphatic carbocycles. The second-order valence-corrected chi connectivity index (χ2v) is 6.22. The van der Waals surface area contributed by atoms with E-state index in [4.69, 9.17) is 0 Å². The average molecular weight is 269 g/mol. The van der Waals surface area contributed by atoms with Crippen molar-refractivity contribution < 1.29 is 14.7 Å². The Bertz CT molecular complexity index is 317. The van der Waals surface area contributed by atoms with Crippen LogP contribution in [0.1, 0.15) is 65.7 Å². The van der Waals surface area contributed by atoms with Crippen LogP contribution in [0.15, 0.2) is 0 Å². The molecule has 0 aromatic rings. The van der Waals surface area contributed by atoms with Crippen LogP contribution in [0, 0.1) is 11.8 Å². The highest BCUT2D eigenvalue weighted by molar-refractivity contribution is 5.87. The molecule has 4 nitrogen and oxygen atoms in total. The number of nitrogens with one attached hydrogen (secondary N) is 1. The summed E-state index contributed by atoms with van der Waals surface area (Å²) >= 11 is 0. The van der Waals surface area contributed by atoms with Gasteiger partial charge in [-0.15, -0.1) is 0 Å². The van der Waals surface area contributed by atoms with Crippen LogP contribution in [-0.2, 0) is 9.59 Å².